The van der Waals surface area contributed by atoms with Gasteiger partial charge in [0.2, 0.25) is 0 Å². The van der Waals surface area contributed by atoms with E-state index in [2.05, 4.69) is 0 Å². The van der Waals surface area contributed by atoms with Crippen molar-refractivity contribution in [1.82, 2.24) is 4.57 Å². The number of hydrogen-bond acceptors (Lipinski definition) is 1. The average Bonchev–Trinajstić information content (AvgIpc) is 2.64. The summed E-state index contributed by atoms with van der Waals surface area (Å²) in [4.78, 5) is 11.0. The Kier molecular flexibility index (Phi) is 2.90. The van der Waals surface area contributed by atoms with E-state index in [4.69, 9.17) is 16.7 Å². The van der Waals surface area contributed by atoms with Gasteiger partial charge < -0.3 is 9.67 Å². The maximum absolute atomic E-state index is 13.2. The summed E-state index contributed by atoms with van der Waals surface area (Å²) in [6.45, 7) is 1.77. The van der Waals surface area contributed by atoms with Crippen LogP contribution in [0.15, 0.2) is 30.5 Å². The molecule has 0 atom stereocenters. The monoisotopic (exact) mass is 253 g/mol. The maximum Gasteiger partial charge on any atom is 0.352 e. The van der Waals surface area contributed by atoms with Gasteiger partial charge in [0, 0.05) is 6.20 Å². The second-order valence-electron chi connectivity index (χ2n) is 3.65. The summed E-state index contributed by atoms with van der Waals surface area (Å²) >= 11 is 5.77. The summed E-state index contributed by atoms with van der Waals surface area (Å²) in [5.74, 6) is -1.53. The molecule has 0 amide bonds. The van der Waals surface area contributed by atoms with Gasteiger partial charge in [-0.05, 0) is 30.7 Å². The Morgan fingerprint density at radius 2 is 2.12 bits per heavy atom. The summed E-state index contributed by atoms with van der Waals surface area (Å²) < 4.78 is 14.5. The van der Waals surface area contributed by atoms with Gasteiger partial charge in [-0.25, -0.2) is 9.18 Å². The van der Waals surface area contributed by atoms with Gasteiger partial charge in [0.1, 0.15) is 11.5 Å². The highest BCUT2D eigenvalue weighted by Crippen LogP contribution is 2.22. The molecule has 0 spiro atoms. The second kappa shape index (κ2) is 4.22. The van der Waals surface area contributed by atoms with Crippen molar-refractivity contribution < 1.29 is 14.3 Å². The minimum Gasteiger partial charge on any atom is -0.477 e. The molecular formula is C12H9ClFNO2. The number of aromatic carboxylic acids is 1. The second-order valence-corrected chi connectivity index (χ2v) is 4.09. The van der Waals surface area contributed by atoms with E-state index in [9.17, 15) is 9.18 Å². The lowest BCUT2D eigenvalue weighted by atomic mass is 10.2. The van der Waals surface area contributed by atoms with Crippen molar-refractivity contribution in [2.45, 2.75) is 6.92 Å². The molecule has 1 N–H and O–H groups in total. The quantitative estimate of drug-likeness (QED) is 0.892. The molecule has 0 aliphatic carbocycles. The Hall–Kier alpha value is -1.81. The Labute approximate surface area is 102 Å². The van der Waals surface area contributed by atoms with E-state index in [1.54, 1.807) is 13.0 Å². The van der Waals surface area contributed by atoms with E-state index in [1.165, 1.54) is 29.0 Å². The smallest absolute Gasteiger partial charge is 0.352 e. The maximum atomic E-state index is 13.2. The fraction of sp³-hybridized carbons (Fsp3) is 0.0833. The highest BCUT2D eigenvalue weighted by Gasteiger charge is 2.14. The number of aryl methyl sites for hydroxylation is 1. The highest BCUT2D eigenvalue weighted by molar-refractivity contribution is 6.31. The zero-order valence-corrected chi connectivity index (χ0v) is 9.70. The molecule has 1 heterocycles. The molecule has 2 rings (SSSR count). The van der Waals surface area contributed by atoms with Gasteiger partial charge in [-0.15, -0.1) is 0 Å². The minimum atomic E-state index is -1.11. The van der Waals surface area contributed by atoms with E-state index in [0.717, 1.165) is 5.56 Å². The van der Waals surface area contributed by atoms with Gasteiger partial charge in [-0.1, -0.05) is 17.7 Å². The van der Waals surface area contributed by atoms with Crippen LogP contribution < -0.4 is 0 Å². The molecule has 17 heavy (non-hydrogen) atoms. The van der Waals surface area contributed by atoms with Gasteiger partial charge in [-0.2, -0.15) is 0 Å². The molecular weight excluding hydrogens is 245 g/mol. The van der Waals surface area contributed by atoms with Gasteiger partial charge in [0.05, 0.1) is 10.7 Å². The number of carbonyl (C=O) groups is 1. The van der Waals surface area contributed by atoms with Gasteiger partial charge in [0.15, 0.2) is 0 Å². The number of aromatic nitrogens is 1. The number of carboxylic acids is 1. The van der Waals surface area contributed by atoms with Crippen molar-refractivity contribution in [2.24, 2.45) is 0 Å². The Bertz CT molecular complexity index is 592. The van der Waals surface area contributed by atoms with Crippen LogP contribution in [0.25, 0.3) is 5.69 Å². The molecule has 3 nitrogen and oxygen atoms in total. The number of rotatable bonds is 2. The first-order valence-corrected chi connectivity index (χ1v) is 5.24. The first-order valence-electron chi connectivity index (χ1n) is 4.87. The fourth-order valence-electron chi connectivity index (χ4n) is 1.64. The third-order valence-corrected chi connectivity index (χ3v) is 2.64. The molecule has 0 saturated carbocycles. The van der Waals surface area contributed by atoms with Crippen LogP contribution in [0.5, 0.6) is 0 Å². The first-order chi connectivity index (χ1) is 7.99. The van der Waals surface area contributed by atoms with Crippen molar-refractivity contribution in [1.29, 1.82) is 0 Å². The summed E-state index contributed by atoms with van der Waals surface area (Å²) in [5, 5.41) is 9.32. The predicted molar refractivity (Wildman–Crippen MR) is 62.4 cm³/mol. The zero-order chi connectivity index (χ0) is 12.6. The van der Waals surface area contributed by atoms with Crippen LogP contribution in [0, 0.1) is 12.7 Å². The standard InChI is InChI=1S/C12H9ClFNO2/c1-7-2-3-9(14)5-10(7)15-6-8(13)4-11(15)12(16)17/h2-6H,1H3,(H,16,17). The van der Waals surface area contributed by atoms with Crippen LogP contribution in [0.3, 0.4) is 0 Å². The van der Waals surface area contributed by atoms with Crippen molar-refractivity contribution in [2.75, 3.05) is 0 Å². The normalized spacial score (nSPS) is 10.5. The molecule has 1 aromatic carbocycles. The summed E-state index contributed by atoms with van der Waals surface area (Å²) in [6.07, 6.45) is 1.45. The fourth-order valence-corrected chi connectivity index (χ4v) is 1.84. The Morgan fingerprint density at radius 3 is 2.76 bits per heavy atom. The highest BCUT2D eigenvalue weighted by atomic mass is 35.5. The third-order valence-electron chi connectivity index (χ3n) is 2.44. The van der Waals surface area contributed by atoms with Crippen LogP contribution in [-0.2, 0) is 0 Å². The number of hydrogen-bond donors (Lipinski definition) is 1. The van der Waals surface area contributed by atoms with Gasteiger partial charge in [-0.3, -0.25) is 0 Å². The molecule has 0 saturated heterocycles. The molecule has 0 aliphatic rings. The number of benzene rings is 1. The molecule has 0 aliphatic heterocycles. The van der Waals surface area contributed by atoms with Crippen LogP contribution in [0.2, 0.25) is 5.02 Å². The molecule has 0 unspecified atom stereocenters. The van der Waals surface area contributed by atoms with E-state index in [1.807, 2.05) is 0 Å². The van der Waals surface area contributed by atoms with E-state index in [0.29, 0.717) is 10.7 Å². The Morgan fingerprint density at radius 1 is 1.41 bits per heavy atom. The third kappa shape index (κ3) is 2.17. The SMILES string of the molecule is Cc1ccc(F)cc1-n1cc(Cl)cc1C(=O)O. The van der Waals surface area contributed by atoms with E-state index >= 15 is 0 Å². The van der Waals surface area contributed by atoms with Gasteiger partial charge in [0.25, 0.3) is 0 Å². The summed E-state index contributed by atoms with van der Waals surface area (Å²) in [5.41, 5.74) is 1.24. The predicted octanol–water partition coefficient (Wildman–Crippen LogP) is 3.28. The molecule has 0 radical (unpaired) electrons. The summed E-state index contributed by atoms with van der Waals surface area (Å²) in [6, 6.07) is 5.51. The van der Waals surface area contributed by atoms with Crippen molar-refractivity contribution in [3.63, 3.8) is 0 Å². The topological polar surface area (TPSA) is 42.2 Å². The minimum absolute atomic E-state index is 0.00343. The Balaban J connectivity index is 2.67. The molecule has 0 fully saturated rings. The van der Waals surface area contributed by atoms with Crippen molar-refractivity contribution >= 4 is 17.6 Å². The van der Waals surface area contributed by atoms with Crippen molar-refractivity contribution in [3.05, 3.63) is 52.6 Å². The lowest BCUT2D eigenvalue weighted by Crippen LogP contribution is -2.07. The molecule has 88 valence electrons. The van der Waals surface area contributed by atoms with E-state index < -0.39 is 11.8 Å². The lowest BCUT2D eigenvalue weighted by molar-refractivity contribution is 0.0688. The van der Waals surface area contributed by atoms with Crippen LogP contribution in [-0.4, -0.2) is 15.6 Å². The number of halogens is 2. The molecule has 1 aromatic heterocycles. The molecule has 0 bridgehead atoms. The largest absolute Gasteiger partial charge is 0.477 e. The number of nitrogens with zero attached hydrogens (tertiary/aromatic N) is 1. The van der Waals surface area contributed by atoms with Crippen LogP contribution in [0.1, 0.15) is 16.1 Å². The first kappa shape index (κ1) is 11.7. The number of carboxylic acid groups (broad SMARTS) is 1. The summed E-state index contributed by atoms with van der Waals surface area (Å²) in [7, 11) is 0. The molecule has 5 heteroatoms. The average molecular weight is 254 g/mol. The van der Waals surface area contributed by atoms with Crippen molar-refractivity contribution in [3.8, 4) is 5.69 Å². The molecule has 2 aromatic rings. The van der Waals surface area contributed by atoms with Gasteiger partial charge >= 0.3 is 5.97 Å². The lowest BCUT2D eigenvalue weighted by Gasteiger charge is -2.09. The zero-order valence-electron chi connectivity index (χ0n) is 8.95. The van der Waals surface area contributed by atoms with Crippen LogP contribution >= 0.6 is 11.6 Å². The van der Waals surface area contributed by atoms with Crippen LogP contribution in [0.4, 0.5) is 4.39 Å². The van der Waals surface area contributed by atoms with E-state index in [-0.39, 0.29) is 5.69 Å².